The van der Waals surface area contributed by atoms with Crippen LogP contribution in [0.5, 0.6) is 0 Å². The predicted molar refractivity (Wildman–Crippen MR) is 96.5 cm³/mol. The van der Waals surface area contributed by atoms with Gasteiger partial charge in [-0.05, 0) is 48.1 Å². The first kappa shape index (κ1) is 15.4. The highest BCUT2D eigenvalue weighted by Crippen LogP contribution is 2.58. The Morgan fingerprint density at radius 1 is 1.00 bits per heavy atom. The van der Waals surface area contributed by atoms with Crippen molar-refractivity contribution in [3.8, 4) is 0 Å². The normalized spacial score (nSPS) is 21.9. The lowest BCUT2D eigenvalue weighted by Gasteiger charge is -2.50. The predicted octanol–water partition coefficient (Wildman–Crippen LogP) is 5.63. The fourth-order valence-electron chi connectivity index (χ4n) is 4.06. The summed E-state index contributed by atoms with van der Waals surface area (Å²) in [6.45, 7) is 9.40. The molecule has 114 valence electrons. The molecule has 0 bridgehead atoms. The summed E-state index contributed by atoms with van der Waals surface area (Å²) in [5, 5.41) is 7.55. The molecule has 0 radical (unpaired) electrons. The molecule has 0 aromatic heterocycles. The van der Waals surface area contributed by atoms with Crippen molar-refractivity contribution in [2.75, 3.05) is 0 Å². The third kappa shape index (κ3) is 2.40. The van der Waals surface area contributed by atoms with Gasteiger partial charge in [-0.1, -0.05) is 50.2 Å². The minimum atomic E-state index is 0.0322. The summed E-state index contributed by atoms with van der Waals surface area (Å²) < 4.78 is 0.129. The average Bonchev–Trinajstić information content (AvgIpc) is 2.46. The van der Waals surface area contributed by atoms with Gasteiger partial charge in [-0.15, -0.1) is 11.8 Å². The van der Waals surface area contributed by atoms with E-state index < -0.39 is 0 Å². The van der Waals surface area contributed by atoms with Crippen molar-refractivity contribution in [2.45, 2.75) is 48.7 Å². The number of nitrogens with one attached hydrogen (secondary N) is 1. The van der Waals surface area contributed by atoms with Crippen LogP contribution in [0.15, 0.2) is 53.4 Å². The van der Waals surface area contributed by atoms with E-state index >= 15 is 0 Å². The molecular formula is C20H23NS. The molecule has 0 aliphatic carbocycles. The van der Waals surface area contributed by atoms with E-state index in [1.54, 1.807) is 0 Å². The van der Waals surface area contributed by atoms with Crippen LogP contribution >= 0.6 is 11.8 Å². The third-order valence-electron chi connectivity index (χ3n) is 4.79. The van der Waals surface area contributed by atoms with Crippen molar-refractivity contribution in [2.24, 2.45) is 0 Å². The second-order valence-electron chi connectivity index (χ2n) is 7.17. The standard InChI is InChI=1S/C20H23NS/c1-19(2)16-12-14(13-21)10-11-17(16)22-20(3,4)18(19)15-8-6-5-7-9-15/h5-13,18,21H,1-4H3. The van der Waals surface area contributed by atoms with E-state index in [9.17, 15) is 0 Å². The third-order valence-corrected chi connectivity index (χ3v) is 6.12. The largest absolute Gasteiger partial charge is 0.308 e. The zero-order valence-corrected chi connectivity index (χ0v) is 14.5. The van der Waals surface area contributed by atoms with Crippen LogP contribution in [0, 0.1) is 5.41 Å². The molecule has 2 heteroatoms. The molecule has 0 amide bonds. The van der Waals surface area contributed by atoms with E-state index in [1.165, 1.54) is 22.2 Å². The maximum Gasteiger partial charge on any atom is 0.0250 e. The van der Waals surface area contributed by atoms with Crippen molar-refractivity contribution in [3.63, 3.8) is 0 Å². The fraction of sp³-hybridized carbons (Fsp3) is 0.350. The van der Waals surface area contributed by atoms with Gasteiger partial charge in [-0.25, -0.2) is 0 Å². The molecule has 2 aromatic rings. The highest BCUT2D eigenvalue weighted by atomic mass is 32.2. The Bertz CT molecular complexity index is 701. The van der Waals surface area contributed by atoms with Gasteiger partial charge in [-0.2, -0.15) is 0 Å². The Labute approximate surface area is 137 Å². The lowest BCUT2D eigenvalue weighted by Crippen LogP contribution is -2.43. The smallest absolute Gasteiger partial charge is 0.0250 e. The first-order valence-electron chi connectivity index (χ1n) is 7.75. The molecule has 0 spiro atoms. The minimum Gasteiger partial charge on any atom is -0.308 e. The lowest BCUT2D eigenvalue weighted by molar-refractivity contribution is 0.339. The van der Waals surface area contributed by atoms with E-state index in [0.29, 0.717) is 5.92 Å². The molecular weight excluding hydrogens is 286 g/mol. The Balaban J connectivity index is 2.20. The van der Waals surface area contributed by atoms with Crippen LogP contribution < -0.4 is 0 Å². The summed E-state index contributed by atoms with van der Waals surface area (Å²) in [5.41, 5.74) is 3.78. The van der Waals surface area contributed by atoms with E-state index in [0.717, 1.165) is 5.56 Å². The Kier molecular flexibility index (Phi) is 3.68. The van der Waals surface area contributed by atoms with Crippen molar-refractivity contribution >= 4 is 18.0 Å². The highest BCUT2D eigenvalue weighted by molar-refractivity contribution is 8.00. The number of hydrogen-bond acceptors (Lipinski definition) is 2. The fourth-order valence-corrected chi connectivity index (χ4v) is 5.74. The molecule has 1 heterocycles. The molecule has 0 saturated carbocycles. The van der Waals surface area contributed by atoms with Crippen molar-refractivity contribution in [1.29, 1.82) is 5.41 Å². The molecule has 1 atom stereocenters. The Hall–Kier alpha value is -1.54. The summed E-state index contributed by atoms with van der Waals surface area (Å²) in [6.07, 6.45) is 1.44. The van der Waals surface area contributed by atoms with Gasteiger partial charge in [0.25, 0.3) is 0 Å². The zero-order valence-electron chi connectivity index (χ0n) is 13.7. The van der Waals surface area contributed by atoms with Crippen LogP contribution in [0.2, 0.25) is 0 Å². The molecule has 1 N–H and O–H groups in total. The maximum atomic E-state index is 7.55. The van der Waals surface area contributed by atoms with Gasteiger partial charge in [0.2, 0.25) is 0 Å². The number of fused-ring (bicyclic) bond motifs is 1. The van der Waals surface area contributed by atoms with Crippen molar-refractivity contribution in [1.82, 2.24) is 0 Å². The summed E-state index contributed by atoms with van der Waals surface area (Å²) in [4.78, 5) is 1.35. The summed E-state index contributed by atoms with van der Waals surface area (Å²) in [7, 11) is 0. The molecule has 1 aliphatic heterocycles. The van der Waals surface area contributed by atoms with Crippen LogP contribution in [0.3, 0.4) is 0 Å². The van der Waals surface area contributed by atoms with E-state index in [1.807, 2.05) is 17.8 Å². The van der Waals surface area contributed by atoms with Crippen LogP contribution in [0.25, 0.3) is 0 Å². The molecule has 3 rings (SSSR count). The Morgan fingerprint density at radius 2 is 1.68 bits per heavy atom. The number of rotatable bonds is 2. The number of hydrogen-bond donors (Lipinski definition) is 1. The van der Waals surface area contributed by atoms with Gasteiger partial charge < -0.3 is 5.41 Å². The van der Waals surface area contributed by atoms with Crippen LogP contribution in [-0.4, -0.2) is 11.0 Å². The van der Waals surface area contributed by atoms with E-state index in [4.69, 9.17) is 5.41 Å². The van der Waals surface area contributed by atoms with Crippen LogP contribution in [0.1, 0.15) is 50.3 Å². The topological polar surface area (TPSA) is 23.9 Å². The average molecular weight is 309 g/mol. The summed E-state index contributed by atoms with van der Waals surface area (Å²) in [5.74, 6) is 0.430. The summed E-state index contributed by atoms with van der Waals surface area (Å²) in [6, 6.07) is 17.3. The molecule has 1 aliphatic rings. The van der Waals surface area contributed by atoms with Crippen LogP contribution in [-0.2, 0) is 5.41 Å². The minimum absolute atomic E-state index is 0.0322. The Morgan fingerprint density at radius 3 is 2.32 bits per heavy atom. The summed E-state index contributed by atoms with van der Waals surface area (Å²) >= 11 is 1.96. The first-order valence-corrected chi connectivity index (χ1v) is 8.57. The zero-order chi connectivity index (χ0) is 16.0. The van der Waals surface area contributed by atoms with Gasteiger partial charge >= 0.3 is 0 Å². The highest BCUT2D eigenvalue weighted by Gasteiger charge is 2.48. The second-order valence-corrected chi connectivity index (χ2v) is 8.87. The van der Waals surface area contributed by atoms with Crippen molar-refractivity contribution in [3.05, 3.63) is 65.2 Å². The molecule has 1 unspecified atom stereocenters. The molecule has 22 heavy (non-hydrogen) atoms. The van der Waals surface area contributed by atoms with E-state index in [-0.39, 0.29) is 10.2 Å². The van der Waals surface area contributed by atoms with Gasteiger partial charge in [0.05, 0.1) is 0 Å². The lowest BCUT2D eigenvalue weighted by atomic mass is 9.65. The van der Waals surface area contributed by atoms with Gasteiger partial charge in [-0.3, -0.25) is 0 Å². The molecule has 0 saturated heterocycles. The first-order chi connectivity index (χ1) is 10.4. The van der Waals surface area contributed by atoms with Gasteiger partial charge in [0.15, 0.2) is 0 Å². The van der Waals surface area contributed by atoms with Crippen molar-refractivity contribution < 1.29 is 0 Å². The maximum absolute atomic E-state index is 7.55. The molecule has 0 fully saturated rings. The monoisotopic (exact) mass is 309 g/mol. The van der Waals surface area contributed by atoms with Gasteiger partial charge in [0, 0.05) is 21.8 Å². The molecule has 1 nitrogen and oxygen atoms in total. The van der Waals surface area contributed by atoms with E-state index in [2.05, 4.69) is 70.2 Å². The number of thioether (sulfide) groups is 1. The quantitative estimate of drug-likeness (QED) is 0.714. The second kappa shape index (κ2) is 5.27. The molecule has 2 aromatic carbocycles. The van der Waals surface area contributed by atoms with Crippen LogP contribution in [0.4, 0.5) is 0 Å². The SMILES string of the molecule is CC1(C)Sc2ccc(C=N)cc2C(C)(C)C1c1ccccc1. The van der Waals surface area contributed by atoms with Gasteiger partial charge in [0.1, 0.15) is 0 Å². The number of benzene rings is 2.